The van der Waals surface area contributed by atoms with Gasteiger partial charge in [-0.3, -0.25) is 0 Å². The molecule has 114 valence electrons. The van der Waals surface area contributed by atoms with E-state index in [1.807, 2.05) is 13.8 Å². The number of methoxy groups -OCH3 is 1. The van der Waals surface area contributed by atoms with E-state index < -0.39 is 0 Å². The molecular weight excluding hydrogens is 224 g/mol. The molecular formula is C16H38O2. The summed E-state index contributed by atoms with van der Waals surface area (Å²) in [7, 11) is 1.73. The van der Waals surface area contributed by atoms with Gasteiger partial charge in [-0.1, -0.05) is 60.8 Å². The molecule has 0 heterocycles. The van der Waals surface area contributed by atoms with Crippen LogP contribution in [-0.4, -0.2) is 24.9 Å². The smallest absolute Gasteiger partial charge is 0.0535 e. The highest BCUT2D eigenvalue weighted by atomic mass is 16.5. The van der Waals surface area contributed by atoms with E-state index in [0.717, 1.165) is 25.4 Å². The van der Waals surface area contributed by atoms with Crippen LogP contribution in [0.4, 0.5) is 0 Å². The highest BCUT2D eigenvalue weighted by Gasteiger charge is 1.90. The molecule has 0 spiro atoms. The van der Waals surface area contributed by atoms with Gasteiger partial charge in [0.15, 0.2) is 0 Å². The fourth-order valence-electron chi connectivity index (χ4n) is 0.866. The summed E-state index contributed by atoms with van der Waals surface area (Å²) in [6, 6.07) is 0. The van der Waals surface area contributed by atoms with Crippen molar-refractivity contribution in [1.82, 2.24) is 0 Å². The molecule has 0 unspecified atom stereocenters. The number of ether oxygens (including phenoxy) is 1. The number of aliphatic hydroxyl groups is 1. The maximum absolute atomic E-state index is 8.67. The average molecular weight is 262 g/mol. The Kier molecular flexibility index (Phi) is 28.3. The van der Waals surface area contributed by atoms with E-state index in [1.54, 1.807) is 7.11 Å². The minimum Gasteiger partial charge on any atom is -0.393 e. The highest BCUT2D eigenvalue weighted by molar-refractivity contribution is 4.43. The molecule has 0 atom stereocenters. The van der Waals surface area contributed by atoms with E-state index in [0.29, 0.717) is 0 Å². The Bertz CT molecular complexity index is 93.7. The molecule has 0 aromatic heterocycles. The van der Waals surface area contributed by atoms with Gasteiger partial charge >= 0.3 is 0 Å². The van der Waals surface area contributed by atoms with Gasteiger partial charge in [0.1, 0.15) is 0 Å². The van der Waals surface area contributed by atoms with Gasteiger partial charge in [0.25, 0.3) is 0 Å². The average Bonchev–Trinajstić information content (AvgIpc) is 2.44. The van der Waals surface area contributed by atoms with Crippen LogP contribution in [0.2, 0.25) is 0 Å². The predicted molar refractivity (Wildman–Crippen MR) is 83.1 cm³/mol. The normalized spacial score (nSPS) is 9.67. The number of rotatable bonds is 7. The molecule has 0 aromatic rings. The largest absolute Gasteiger partial charge is 0.393 e. The first kappa shape index (κ1) is 23.0. The SMILES string of the molecule is CCC(C)CC.CCC(O)CC.CCCCOC. The van der Waals surface area contributed by atoms with E-state index >= 15 is 0 Å². The molecule has 0 saturated carbocycles. The van der Waals surface area contributed by atoms with Crippen molar-refractivity contribution >= 4 is 0 Å². The van der Waals surface area contributed by atoms with E-state index in [9.17, 15) is 0 Å². The second kappa shape index (κ2) is 22.1. The summed E-state index contributed by atoms with van der Waals surface area (Å²) in [5.74, 6) is 0.935. The van der Waals surface area contributed by atoms with Crippen molar-refractivity contribution in [1.29, 1.82) is 0 Å². The molecule has 2 nitrogen and oxygen atoms in total. The van der Waals surface area contributed by atoms with Crippen molar-refractivity contribution in [2.24, 2.45) is 5.92 Å². The number of aliphatic hydroxyl groups excluding tert-OH is 1. The Hall–Kier alpha value is -0.0800. The van der Waals surface area contributed by atoms with E-state index in [4.69, 9.17) is 9.84 Å². The molecule has 0 bridgehead atoms. The topological polar surface area (TPSA) is 29.5 Å². The third-order valence-corrected chi connectivity index (χ3v) is 3.04. The third kappa shape index (κ3) is 29.7. The Morgan fingerprint density at radius 1 is 0.889 bits per heavy atom. The summed E-state index contributed by atoms with van der Waals surface area (Å²) in [5, 5.41) is 8.67. The van der Waals surface area contributed by atoms with Crippen LogP contribution in [0.15, 0.2) is 0 Å². The Morgan fingerprint density at radius 3 is 1.39 bits per heavy atom. The van der Waals surface area contributed by atoms with Crippen molar-refractivity contribution in [3.63, 3.8) is 0 Å². The maximum Gasteiger partial charge on any atom is 0.0535 e. The van der Waals surface area contributed by atoms with Crippen LogP contribution < -0.4 is 0 Å². The minimum atomic E-state index is -0.0648. The predicted octanol–water partition coefficient (Wildman–Crippen LogP) is 5.04. The quantitative estimate of drug-likeness (QED) is 0.651. The van der Waals surface area contributed by atoms with Crippen molar-refractivity contribution in [3.8, 4) is 0 Å². The van der Waals surface area contributed by atoms with Crippen LogP contribution in [0.1, 0.15) is 80.1 Å². The third-order valence-electron chi connectivity index (χ3n) is 3.04. The van der Waals surface area contributed by atoms with Crippen LogP contribution in [0, 0.1) is 5.92 Å². The molecule has 0 aromatic carbocycles. The number of unbranched alkanes of at least 4 members (excludes halogenated alkanes) is 1. The summed E-state index contributed by atoms with van der Waals surface area (Å²) in [4.78, 5) is 0. The second-order valence-corrected chi connectivity index (χ2v) is 4.74. The standard InChI is InChI=1S/C6H14.2C5H12O/c1-4-6(3)5-2;1-3-4-5-6-2;1-3-5(6)4-2/h6H,4-5H2,1-3H3;3-5H2,1-2H3;5-6H,3-4H2,1-2H3. The number of hydrogen-bond donors (Lipinski definition) is 1. The van der Waals surface area contributed by atoms with Crippen molar-refractivity contribution < 1.29 is 9.84 Å². The fourth-order valence-corrected chi connectivity index (χ4v) is 0.866. The summed E-state index contributed by atoms with van der Waals surface area (Å²) < 4.78 is 4.78. The molecule has 0 aliphatic carbocycles. The lowest BCUT2D eigenvalue weighted by atomic mass is 10.1. The molecule has 0 aliphatic heterocycles. The zero-order chi connectivity index (χ0) is 14.8. The maximum atomic E-state index is 8.67. The molecule has 0 saturated heterocycles. The molecule has 0 aliphatic rings. The first-order valence-electron chi connectivity index (χ1n) is 7.70. The molecule has 18 heavy (non-hydrogen) atoms. The lowest BCUT2D eigenvalue weighted by Crippen LogP contribution is -1.99. The fraction of sp³-hybridized carbons (Fsp3) is 1.00. The van der Waals surface area contributed by atoms with Crippen molar-refractivity contribution in [2.75, 3.05) is 13.7 Å². The van der Waals surface area contributed by atoms with Gasteiger partial charge in [-0.25, -0.2) is 0 Å². The molecule has 0 amide bonds. The van der Waals surface area contributed by atoms with E-state index in [2.05, 4.69) is 27.7 Å². The molecule has 1 N–H and O–H groups in total. The van der Waals surface area contributed by atoms with Crippen LogP contribution in [-0.2, 0) is 4.74 Å². The molecule has 0 radical (unpaired) electrons. The highest BCUT2D eigenvalue weighted by Crippen LogP contribution is 2.02. The lowest BCUT2D eigenvalue weighted by Gasteiger charge is -1.98. The Labute approximate surface area is 116 Å². The Balaban J connectivity index is -0.000000187. The monoisotopic (exact) mass is 262 g/mol. The number of hydrogen-bond acceptors (Lipinski definition) is 2. The van der Waals surface area contributed by atoms with Gasteiger partial charge in [-0.2, -0.15) is 0 Å². The minimum absolute atomic E-state index is 0.0648. The van der Waals surface area contributed by atoms with Crippen molar-refractivity contribution in [3.05, 3.63) is 0 Å². The zero-order valence-electron chi connectivity index (χ0n) is 14.0. The van der Waals surface area contributed by atoms with Crippen molar-refractivity contribution in [2.45, 2.75) is 86.2 Å². The summed E-state index contributed by atoms with van der Waals surface area (Å²) in [6.07, 6.45) is 6.79. The van der Waals surface area contributed by atoms with Crippen LogP contribution >= 0.6 is 0 Å². The summed E-state index contributed by atoms with van der Waals surface area (Å²) in [6.45, 7) is 13.8. The summed E-state index contributed by atoms with van der Waals surface area (Å²) >= 11 is 0. The first-order chi connectivity index (χ1) is 8.53. The molecule has 0 rings (SSSR count). The van der Waals surface area contributed by atoms with Crippen LogP contribution in [0.3, 0.4) is 0 Å². The summed E-state index contributed by atoms with van der Waals surface area (Å²) in [5.41, 5.74) is 0. The van der Waals surface area contributed by atoms with Gasteiger partial charge < -0.3 is 9.84 Å². The van der Waals surface area contributed by atoms with Gasteiger partial charge in [0.05, 0.1) is 6.10 Å². The van der Waals surface area contributed by atoms with E-state index in [1.165, 1.54) is 25.7 Å². The van der Waals surface area contributed by atoms with E-state index in [-0.39, 0.29) is 6.10 Å². The van der Waals surface area contributed by atoms with Crippen LogP contribution in [0.5, 0.6) is 0 Å². The molecule has 2 heteroatoms. The molecule has 0 fully saturated rings. The first-order valence-corrected chi connectivity index (χ1v) is 7.70. The van der Waals surface area contributed by atoms with Gasteiger partial charge in [0, 0.05) is 13.7 Å². The van der Waals surface area contributed by atoms with Gasteiger partial charge in [0.2, 0.25) is 0 Å². The van der Waals surface area contributed by atoms with Gasteiger partial charge in [-0.05, 0) is 25.2 Å². The van der Waals surface area contributed by atoms with Crippen LogP contribution in [0.25, 0.3) is 0 Å². The Morgan fingerprint density at radius 2 is 1.33 bits per heavy atom. The second-order valence-electron chi connectivity index (χ2n) is 4.74. The van der Waals surface area contributed by atoms with Gasteiger partial charge in [-0.15, -0.1) is 0 Å². The lowest BCUT2D eigenvalue weighted by molar-refractivity contribution is 0.166. The zero-order valence-corrected chi connectivity index (χ0v) is 14.0.